The summed E-state index contributed by atoms with van der Waals surface area (Å²) in [5, 5.41) is 9.00. The standard InChI is InChI=1S/C14H17NO2/c1-14(2,3)17-12-5-4-10(9-15)13(8-12)16-11-6-7-11/h4-5,8,11H,6-7H2,1-3H3. The summed E-state index contributed by atoms with van der Waals surface area (Å²) in [6, 6.07) is 7.50. The van der Waals surface area contributed by atoms with Crippen molar-refractivity contribution in [3.63, 3.8) is 0 Å². The first-order chi connectivity index (χ1) is 7.98. The predicted octanol–water partition coefficient (Wildman–Crippen LogP) is 3.28. The minimum Gasteiger partial charge on any atom is -0.489 e. The van der Waals surface area contributed by atoms with Gasteiger partial charge in [-0.25, -0.2) is 0 Å². The summed E-state index contributed by atoms with van der Waals surface area (Å²) in [6.07, 6.45) is 2.44. The molecule has 0 N–H and O–H groups in total. The summed E-state index contributed by atoms with van der Waals surface area (Å²) in [5.74, 6) is 1.38. The van der Waals surface area contributed by atoms with Crippen molar-refractivity contribution in [1.29, 1.82) is 5.26 Å². The fourth-order valence-corrected chi connectivity index (χ4v) is 1.48. The minimum atomic E-state index is -0.245. The van der Waals surface area contributed by atoms with E-state index in [0.29, 0.717) is 11.3 Å². The molecule has 1 fully saturated rings. The van der Waals surface area contributed by atoms with Gasteiger partial charge >= 0.3 is 0 Å². The zero-order valence-corrected chi connectivity index (χ0v) is 10.5. The molecule has 1 aliphatic rings. The van der Waals surface area contributed by atoms with Gasteiger partial charge in [-0.05, 0) is 45.7 Å². The molecular weight excluding hydrogens is 214 g/mol. The normalized spacial score (nSPS) is 15.2. The summed E-state index contributed by atoms with van der Waals surface area (Å²) in [4.78, 5) is 0. The van der Waals surface area contributed by atoms with Crippen LogP contribution in [0.1, 0.15) is 39.2 Å². The van der Waals surface area contributed by atoms with Gasteiger partial charge in [-0.15, -0.1) is 0 Å². The molecule has 0 aromatic heterocycles. The second kappa shape index (κ2) is 4.29. The van der Waals surface area contributed by atoms with E-state index < -0.39 is 0 Å². The third kappa shape index (κ3) is 3.39. The second-order valence-corrected chi connectivity index (χ2v) is 5.30. The van der Waals surface area contributed by atoms with Crippen molar-refractivity contribution in [3.8, 4) is 17.6 Å². The van der Waals surface area contributed by atoms with E-state index in [1.807, 2.05) is 32.9 Å². The van der Waals surface area contributed by atoms with Crippen LogP contribution >= 0.6 is 0 Å². The molecule has 17 heavy (non-hydrogen) atoms. The second-order valence-electron chi connectivity index (χ2n) is 5.30. The van der Waals surface area contributed by atoms with E-state index in [1.165, 1.54) is 0 Å². The predicted molar refractivity (Wildman–Crippen MR) is 65.2 cm³/mol. The summed E-state index contributed by atoms with van der Waals surface area (Å²) in [7, 11) is 0. The van der Waals surface area contributed by atoms with Crippen LogP contribution in [-0.4, -0.2) is 11.7 Å². The van der Waals surface area contributed by atoms with E-state index in [1.54, 1.807) is 6.07 Å². The first kappa shape index (κ1) is 11.8. The molecule has 3 nitrogen and oxygen atoms in total. The van der Waals surface area contributed by atoms with Crippen LogP contribution in [0.25, 0.3) is 0 Å². The van der Waals surface area contributed by atoms with Crippen LogP contribution < -0.4 is 9.47 Å². The van der Waals surface area contributed by atoms with Gasteiger partial charge < -0.3 is 9.47 Å². The molecular formula is C14H17NO2. The molecule has 0 heterocycles. The first-order valence-electron chi connectivity index (χ1n) is 5.88. The van der Waals surface area contributed by atoms with Gasteiger partial charge in [0, 0.05) is 6.07 Å². The van der Waals surface area contributed by atoms with E-state index in [0.717, 1.165) is 18.6 Å². The number of nitrogens with zero attached hydrogens (tertiary/aromatic N) is 1. The zero-order chi connectivity index (χ0) is 12.5. The highest BCUT2D eigenvalue weighted by atomic mass is 16.5. The minimum absolute atomic E-state index is 0.245. The van der Waals surface area contributed by atoms with Gasteiger partial charge in [0.25, 0.3) is 0 Å². The van der Waals surface area contributed by atoms with Crippen LogP contribution in [0.2, 0.25) is 0 Å². The molecule has 0 saturated heterocycles. The SMILES string of the molecule is CC(C)(C)Oc1ccc(C#N)c(OC2CC2)c1. The number of hydrogen-bond donors (Lipinski definition) is 0. The highest BCUT2D eigenvalue weighted by molar-refractivity contribution is 5.47. The Morgan fingerprint density at radius 2 is 2.00 bits per heavy atom. The molecule has 0 amide bonds. The smallest absolute Gasteiger partial charge is 0.141 e. The highest BCUT2D eigenvalue weighted by Crippen LogP contribution is 2.32. The van der Waals surface area contributed by atoms with Crippen LogP contribution in [-0.2, 0) is 0 Å². The first-order valence-corrected chi connectivity index (χ1v) is 5.88. The maximum Gasteiger partial charge on any atom is 0.141 e. The summed E-state index contributed by atoms with van der Waals surface area (Å²) in [5.41, 5.74) is 0.323. The van der Waals surface area contributed by atoms with Gasteiger partial charge in [0.15, 0.2) is 0 Å². The maximum absolute atomic E-state index is 9.00. The van der Waals surface area contributed by atoms with Crippen LogP contribution in [0.3, 0.4) is 0 Å². The topological polar surface area (TPSA) is 42.2 Å². The van der Waals surface area contributed by atoms with Crippen molar-refractivity contribution in [2.75, 3.05) is 0 Å². The lowest BCUT2D eigenvalue weighted by Gasteiger charge is -2.21. The van der Waals surface area contributed by atoms with Crippen LogP contribution in [0.4, 0.5) is 0 Å². The van der Waals surface area contributed by atoms with E-state index in [4.69, 9.17) is 14.7 Å². The summed E-state index contributed by atoms with van der Waals surface area (Å²) in [6.45, 7) is 5.98. The van der Waals surface area contributed by atoms with Gasteiger partial charge in [0.05, 0.1) is 11.7 Å². The highest BCUT2D eigenvalue weighted by Gasteiger charge is 2.25. The van der Waals surface area contributed by atoms with E-state index in [2.05, 4.69) is 6.07 Å². The van der Waals surface area contributed by atoms with Gasteiger partial charge in [0.2, 0.25) is 0 Å². The molecule has 1 aliphatic carbocycles. The Kier molecular flexibility index (Phi) is 2.97. The zero-order valence-electron chi connectivity index (χ0n) is 10.5. The largest absolute Gasteiger partial charge is 0.489 e. The maximum atomic E-state index is 9.00. The van der Waals surface area contributed by atoms with Crippen molar-refractivity contribution in [2.45, 2.75) is 45.3 Å². The van der Waals surface area contributed by atoms with Crippen LogP contribution in [0.15, 0.2) is 18.2 Å². The molecule has 1 aromatic rings. The molecule has 0 unspecified atom stereocenters. The van der Waals surface area contributed by atoms with E-state index in [9.17, 15) is 0 Å². The number of rotatable bonds is 3. The molecule has 0 aliphatic heterocycles. The molecule has 0 radical (unpaired) electrons. The molecule has 2 rings (SSSR count). The summed E-state index contributed by atoms with van der Waals surface area (Å²) >= 11 is 0. The molecule has 1 saturated carbocycles. The monoisotopic (exact) mass is 231 g/mol. The van der Waals surface area contributed by atoms with Crippen molar-refractivity contribution >= 4 is 0 Å². The lowest BCUT2D eigenvalue weighted by atomic mass is 10.1. The molecule has 1 aromatic carbocycles. The Labute approximate surface area is 102 Å². The molecule has 0 bridgehead atoms. The van der Waals surface area contributed by atoms with Gasteiger partial charge in [-0.1, -0.05) is 0 Å². The Balaban J connectivity index is 2.21. The summed E-state index contributed by atoms with van der Waals surface area (Å²) < 4.78 is 11.5. The number of hydrogen-bond acceptors (Lipinski definition) is 3. The lowest BCUT2D eigenvalue weighted by molar-refractivity contribution is 0.130. The fraction of sp³-hybridized carbons (Fsp3) is 0.500. The molecule has 90 valence electrons. The van der Waals surface area contributed by atoms with Crippen LogP contribution in [0, 0.1) is 11.3 Å². The fourth-order valence-electron chi connectivity index (χ4n) is 1.48. The van der Waals surface area contributed by atoms with Crippen molar-refractivity contribution < 1.29 is 9.47 Å². The van der Waals surface area contributed by atoms with Crippen LogP contribution in [0.5, 0.6) is 11.5 Å². The Morgan fingerprint density at radius 3 is 2.53 bits per heavy atom. The van der Waals surface area contributed by atoms with Crippen molar-refractivity contribution in [2.24, 2.45) is 0 Å². The average molecular weight is 231 g/mol. The Bertz CT molecular complexity index is 450. The Hall–Kier alpha value is -1.69. The quantitative estimate of drug-likeness (QED) is 0.801. The third-order valence-electron chi connectivity index (χ3n) is 2.32. The van der Waals surface area contributed by atoms with Gasteiger partial charge in [-0.3, -0.25) is 0 Å². The molecule has 0 atom stereocenters. The van der Waals surface area contributed by atoms with Crippen molar-refractivity contribution in [1.82, 2.24) is 0 Å². The van der Waals surface area contributed by atoms with E-state index in [-0.39, 0.29) is 11.7 Å². The van der Waals surface area contributed by atoms with E-state index >= 15 is 0 Å². The van der Waals surface area contributed by atoms with Gasteiger partial charge in [0.1, 0.15) is 23.2 Å². The molecule has 0 spiro atoms. The lowest BCUT2D eigenvalue weighted by Crippen LogP contribution is -2.22. The molecule has 3 heteroatoms. The van der Waals surface area contributed by atoms with Crippen molar-refractivity contribution in [3.05, 3.63) is 23.8 Å². The number of benzene rings is 1. The number of nitriles is 1. The average Bonchev–Trinajstić information content (AvgIpc) is 3.00. The van der Waals surface area contributed by atoms with Gasteiger partial charge in [-0.2, -0.15) is 5.26 Å². The number of ether oxygens (including phenoxy) is 2. The Morgan fingerprint density at radius 1 is 1.29 bits per heavy atom. The third-order valence-corrected chi connectivity index (χ3v) is 2.32.